The standard InChI is InChI=1S/C10H12N2O3/c1-7-6-9(8(2)11-15-3)4-5-10(7)12(13)14/h4-6H,1-3H3/b11-8+. The number of rotatable bonds is 3. The van der Waals surface area contributed by atoms with Crippen LogP contribution in [0.3, 0.4) is 0 Å². The lowest BCUT2D eigenvalue weighted by atomic mass is 10.1. The fraction of sp³-hybridized carbons (Fsp3) is 0.300. The Morgan fingerprint density at radius 2 is 2.20 bits per heavy atom. The maximum absolute atomic E-state index is 10.6. The summed E-state index contributed by atoms with van der Waals surface area (Å²) in [5, 5.41) is 14.3. The minimum atomic E-state index is -0.401. The lowest BCUT2D eigenvalue weighted by Gasteiger charge is -2.02. The summed E-state index contributed by atoms with van der Waals surface area (Å²) >= 11 is 0. The zero-order valence-corrected chi connectivity index (χ0v) is 8.85. The van der Waals surface area contributed by atoms with Crippen LogP contribution in [0.5, 0.6) is 0 Å². The molecule has 80 valence electrons. The Morgan fingerprint density at radius 1 is 1.53 bits per heavy atom. The van der Waals surface area contributed by atoms with Gasteiger partial charge in [-0.15, -0.1) is 0 Å². The first-order chi connectivity index (χ1) is 7.06. The molecule has 0 atom stereocenters. The first-order valence-corrected chi connectivity index (χ1v) is 4.39. The molecule has 0 heterocycles. The number of oxime groups is 1. The van der Waals surface area contributed by atoms with Gasteiger partial charge in [-0.25, -0.2) is 0 Å². The van der Waals surface area contributed by atoms with Crippen molar-refractivity contribution < 1.29 is 9.76 Å². The van der Waals surface area contributed by atoms with Crippen LogP contribution in [0.2, 0.25) is 0 Å². The second-order valence-electron chi connectivity index (χ2n) is 3.12. The van der Waals surface area contributed by atoms with E-state index >= 15 is 0 Å². The van der Waals surface area contributed by atoms with Gasteiger partial charge in [0, 0.05) is 11.6 Å². The van der Waals surface area contributed by atoms with Gasteiger partial charge in [0.1, 0.15) is 7.11 Å². The Balaban J connectivity index is 3.12. The van der Waals surface area contributed by atoms with Gasteiger partial charge in [-0.2, -0.15) is 0 Å². The van der Waals surface area contributed by atoms with Gasteiger partial charge in [-0.3, -0.25) is 10.1 Å². The molecule has 0 amide bonds. The molecule has 15 heavy (non-hydrogen) atoms. The van der Waals surface area contributed by atoms with Gasteiger partial charge >= 0.3 is 0 Å². The van der Waals surface area contributed by atoms with E-state index in [-0.39, 0.29) is 5.69 Å². The maximum atomic E-state index is 10.6. The number of nitro benzene ring substituents is 1. The third-order valence-electron chi connectivity index (χ3n) is 2.04. The van der Waals surface area contributed by atoms with E-state index in [0.717, 1.165) is 5.56 Å². The number of nitrogens with zero attached hydrogens (tertiary/aromatic N) is 2. The molecule has 5 heteroatoms. The molecule has 1 aromatic rings. The van der Waals surface area contributed by atoms with Crippen LogP contribution >= 0.6 is 0 Å². The zero-order valence-electron chi connectivity index (χ0n) is 8.85. The summed E-state index contributed by atoms with van der Waals surface area (Å²) in [6, 6.07) is 4.85. The third-order valence-corrected chi connectivity index (χ3v) is 2.04. The predicted molar refractivity (Wildman–Crippen MR) is 57.1 cm³/mol. The number of benzene rings is 1. The molecule has 0 aliphatic heterocycles. The van der Waals surface area contributed by atoms with E-state index in [1.807, 2.05) is 0 Å². The molecule has 0 aliphatic carbocycles. The van der Waals surface area contributed by atoms with E-state index in [0.29, 0.717) is 11.3 Å². The SMILES string of the molecule is CO/N=C(\C)c1ccc([N+](=O)[O-])c(C)c1. The van der Waals surface area contributed by atoms with Crippen molar-refractivity contribution >= 4 is 11.4 Å². The van der Waals surface area contributed by atoms with Crippen molar-refractivity contribution in [3.8, 4) is 0 Å². The highest BCUT2D eigenvalue weighted by atomic mass is 16.6. The van der Waals surface area contributed by atoms with Crippen LogP contribution in [0, 0.1) is 17.0 Å². The molecule has 5 nitrogen and oxygen atoms in total. The number of nitro groups is 1. The zero-order chi connectivity index (χ0) is 11.4. The summed E-state index contributed by atoms with van der Waals surface area (Å²) in [6.07, 6.45) is 0. The fourth-order valence-corrected chi connectivity index (χ4v) is 1.27. The number of hydrogen-bond donors (Lipinski definition) is 0. The number of aryl methyl sites for hydroxylation is 1. The van der Waals surface area contributed by atoms with E-state index in [4.69, 9.17) is 0 Å². The maximum Gasteiger partial charge on any atom is 0.272 e. The Hall–Kier alpha value is -1.91. The van der Waals surface area contributed by atoms with E-state index in [1.54, 1.807) is 26.0 Å². The highest BCUT2D eigenvalue weighted by Gasteiger charge is 2.10. The second kappa shape index (κ2) is 4.54. The van der Waals surface area contributed by atoms with Gasteiger partial charge in [-0.1, -0.05) is 5.16 Å². The number of hydrogen-bond acceptors (Lipinski definition) is 4. The van der Waals surface area contributed by atoms with Gasteiger partial charge in [0.25, 0.3) is 5.69 Å². The van der Waals surface area contributed by atoms with Crippen LogP contribution in [0.15, 0.2) is 23.4 Å². The normalized spacial score (nSPS) is 11.3. The van der Waals surface area contributed by atoms with Crippen molar-refractivity contribution in [3.05, 3.63) is 39.4 Å². The van der Waals surface area contributed by atoms with E-state index in [9.17, 15) is 10.1 Å². The van der Waals surface area contributed by atoms with E-state index < -0.39 is 4.92 Å². The summed E-state index contributed by atoms with van der Waals surface area (Å²) in [4.78, 5) is 14.8. The summed E-state index contributed by atoms with van der Waals surface area (Å²) in [6.45, 7) is 3.48. The highest BCUT2D eigenvalue weighted by molar-refractivity contribution is 5.98. The minimum absolute atomic E-state index is 0.115. The average Bonchev–Trinajstić information content (AvgIpc) is 2.17. The van der Waals surface area contributed by atoms with Crippen LogP contribution < -0.4 is 0 Å². The van der Waals surface area contributed by atoms with Gasteiger partial charge in [0.2, 0.25) is 0 Å². The molecular weight excluding hydrogens is 196 g/mol. The molecule has 0 radical (unpaired) electrons. The highest BCUT2D eigenvalue weighted by Crippen LogP contribution is 2.19. The molecule has 0 saturated heterocycles. The molecule has 0 saturated carbocycles. The Morgan fingerprint density at radius 3 is 2.67 bits per heavy atom. The van der Waals surface area contributed by atoms with Crippen molar-refractivity contribution in [1.29, 1.82) is 0 Å². The largest absolute Gasteiger partial charge is 0.399 e. The van der Waals surface area contributed by atoms with Gasteiger partial charge in [-0.05, 0) is 31.5 Å². The van der Waals surface area contributed by atoms with Crippen LogP contribution in [-0.2, 0) is 4.84 Å². The Bertz CT molecular complexity index is 413. The molecule has 1 aromatic carbocycles. The monoisotopic (exact) mass is 208 g/mol. The van der Waals surface area contributed by atoms with Gasteiger partial charge in [0.15, 0.2) is 0 Å². The first kappa shape index (κ1) is 11.2. The fourth-order valence-electron chi connectivity index (χ4n) is 1.27. The molecule has 0 unspecified atom stereocenters. The van der Waals surface area contributed by atoms with Gasteiger partial charge < -0.3 is 4.84 Å². The van der Waals surface area contributed by atoms with Crippen molar-refractivity contribution in [1.82, 2.24) is 0 Å². The van der Waals surface area contributed by atoms with Crippen LogP contribution in [0.25, 0.3) is 0 Å². The molecular formula is C10H12N2O3. The lowest BCUT2D eigenvalue weighted by molar-refractivity contribution is -0.385. The van der Waals surface area contributed by atoms with Crippen LogP contribution in [-0.4, -0.2) is 17.7 Å². The van der Waals surface area contributed by atoms with Crippen molar-refractivity contribution in [2.45, 2.75) is 13.8 Å². The smallest absolute Gasteiger partial charge is 0.272 e. The summed E-state index contributed by atoms with van der Waals surface area (Å²) in [5.41, 5.74) is 2.24. The topological polar surface area (TPSA) is 64.7 Å². The third kappa shape index (κ3) is 2.52. The molecule has 1 rings (SSSR count). The summed E-state index contributed by atoms with van der Waals surface area (Å²) < 4.78 is 0. The molecule has 0 aliphatic rings. The molecule has 0 N–H and O–H groups in total. The van der Waals surface area contributed by atoms with Crippen LogP contribution in [0.1, 0.15) is 18.1 Å². The second-order valence-corrected chi connectivity index (χ2v) is 3.12. The molecule has 0 fully saturated rings. The van der Waals surface area contributed by atoms with E-state index in [1.165, 1.54) is 13.2 Å². The molecule has 0 aromatic heterocycles. The van der Waals surface area contributed by atoms with Crippen molar-refractivity contribution in [3.63, 3.8) is 0 Å². The van der Waals surface area contributed by atoms with Gasteiger partial charge in [0.05, 0.1) is 10.6 Å². The quantitative estimate of drug-likeness (QED) is 0.434. The summed E-state index contributed by atoms with van der Waals surface area (Å²) in [5.74, 6) is 0. The predicted octanol–water partition coefficient (Wildman–Crippen LogP) is 2.27. The minimum Gasteiger partial charge on any atom is -0.399 e. The van der Waals surface area contributed by atoms with E-state index in [2.05, 4.69) is 9.99 Å². The Labute approximate surface area is 87.5 Å². The lowest BCUT2D eigenvalue weighted by Crippen LogP contribution is -1.98. The Kier molecular flexibility index (Phi) is 3.38. The van der Waals surface area contributed by atoms with Crippen molar-refractivity contribution in [2.75, 3.05) is 7.11 Å². The summed E-state index contributed by atoms with van der Waals surface area (Å²) in [7, 11) is 1.46. The molecule has 0 spiro atoms. The molecule has 0 bridgehead atoms. The average molecular weight is 208 g/mol. The first-order valence-electron chi connectivity index (χ1n) is 4.39. The van der Waals surface area contributed by atoms with Crippen molar-refractivity contribution in [2.24, 2.45) is 5.16 Å². The van der Waals surface area contributed by atoms with Crippen LogP contribution in [0.4, 0.5) is 5.69 Å².